The number of furan rings is 1. The van der Waals surface area contributed by atoms with Crippen LogP contribution in [0.3, 0.4) is 0 Å². The summed E-state index contributed by atoms with van der Waals surface area (Å²) >= 11 is 1.80. The summed E-state index contributed by atoms with van der Waals surface area (Å²) in [5, 5.41) is 6.73. The van der Waals surface area contributed by atoms with Crippen molar-refractivity contribution >= 4 is 64.2 Å². The zero-order valence-corrected chi connectivity index (χ0v) is 26.4. The van der Waals surface area contributed by atoms with Crippen molar-refractivity contribution in [2.24, 2.45) is 0 Å². The van der Waals surface area contributed by atoms with Gasteiger partial charge in [-0.25, -0.2) is 15.0 Å². The molecule has 224 valence electrons. The molecule has 10 aromatic rings. The van der Waals surface area contributed by atoms with Crippen molar-refractivity contribution in [1.82, 2.24) is 15.0 Å². The first kappa shape index (κ1) is 27.0. The number of hydrogen-bond donors (Lipinski definition) is 0. The Hall–Kier alpha value is -6.17. The first-order valence-corrected chi connectivity index (χ1v) is 16.8. The molecule has 0 bridgehead atoms. The Morgan fingerprint density at radius 2 is 1.06 bits per heavy atom. The van der Waals surface area contributed by atoms with E-state index in [1.807, 2.05) is 30.3 Å². The number of thiophene rings is 1. The van der Waals surface area contributed by atoms with Crippen LogP contribution in [0, 0.1) is 0 Å². The van der Waals surface area contributed by atoms with Crippen molar-refractivity contribution in [2.45, 2.75) is 0 Å². The maximum atomic E-state index is 6.44. The third kappa shape index (κ3) is 4.25. The topological polar surface area (TPSA) is 51.8 Å². The minimum Gasteiger partial charge on any atom is -0.456 e. The van der Waals surface area contributed by atoms with E-state index in [0.29, 0.717) is 17.5 Å². The number of hydrogen-bond acceptors (Lipinski definition) is 5. The summed E-state index contributed by atoms with van der Waals surface area (Å²) in [4.78, 5) is 15.7. The van der Waals surface area contributed by atoms with Gasteiger partial charge in [0.25, 0.3) is 0 Å². The molecule has 0 unspecified atom stereocenters. The van der Waals surface area contributed by atoms with E-state index in [1.54, 1.807) is 11.3 Å². The Balaban J connectivity index is 1.31. The van der Waals surface area contributed by atoms with Gasteiger partial charge in [-0.1, -0.05) is 121 Å². The molecular weight excluding hydrogens is 607 g/mol. The molecular formula is C43H25N3OS. The Kier molecular flexibility index (Phi) is 6.01. The second-order valence-corrected chi connectivity index (χ2v) is 13.1. The van der Waals surface area contributed by atoms with Gasteiger partial charge in [0.2, 0.25) is 0 Å². The standard InChI is InChI=1S/C43H25N3OS/c1-3-12-26(13-4-1)29-24-33(38-31-18-9-10-21-36(31)48-37(38)25-29)43-45-41(28-15-5-2-6-16-28)44-42(46-43)32-19-11-20-34-40(32)39-30-17-8-7-14-27(30)22-23-35(39)47-34/h1-25H. The molecule has 3 heterocycles. The Labute approximate surface area is 279 Å². The van der Waals surface area contributed by atoms with Crippen molar-refractivity contribution in [1.29, 1.82) is 0 Å². The number of rotatable bonds is 4. The molecule has 3 aromatic heterocycles. The fraction of sp³-hybridized carbons (Fsp3) is 0. The summed E-state index contributed by atoms with van der Waals surface area (Å²) in [7, 11) is 0. The third-order valence-corrected chi connectivity index (χ3v) is 10.2. The fourth-order valence-corrected chi connectivity index (χ4v) is 8.11. The lowest BCUT2D eigenvalue weighted by Crippen LogP contribution is -2.01. The van der Waals surface area contributed by atoms with Gasteiger partial charge in [0.15, 0.2) is 17.5 Å². The maximum absolute atomic E-state index is 6.44. The summed E-state index contributed by atoms with van der Waals surface area (Å²) in [6.45, 7) is 0. The van der Waals surface area contributed by atoms with Gasteiger partial charge in [0.05, 0.1) is 0 Å². The van der Waals surface area contributed by atoms with Crippen LogP contribution in [0.2, 0.25) is 0 Å². The second kappa shape index (κ2) is 10.7. The SMILES string of the molecule is c1ccc(-c2cc(-c3nc(-c4ccccc4)nc(-c4cccc5oc6ccc7ccccc7c6c45)n3)c3c(c2)sc2ccccc23)cc1. The molecule has 0 N–H and O–H groups in total. The van der Waals surface area contributed by atoms with Crippen molar-refractivity contribution in [2.75, 3.05) is 0 Å². The molecule has 0 aliphatic rings. The molecule has 0 radical (unpaired) electrons. The van der Waals surface area contributed by atoms with Crippen LogP contribution in [0.25, 0.3) is 98.2 Å². The summed E-state index contributed by atoms with van der Waals surface area (Å²) in [6.07, 6.45) is 0. The second-order valence-electron chi connectivity index (χ2n) is 12.0. The molecule has 5 heteroatoms. The molecule has 10 rings (SSSR count). The molecule has 0 atom stereocenters. The van der Waals surface area contributed by atoms with E-state index in [0.717, 1.165) is 65.9 Å². The van der Waals surface area contributed by atoms with E-state index in [4.69, 9.17) is 19.4 Å². The van der Waals surface area contributed by atoms with Gasteiger partial charge < -0.3 is 4.42 Å². The zero-order valence-electron chi connectivity index (χ0n) is 25.6. The van der Waals surface area contributed by atoms with Gasteiger partial charge >= 0.3 is 0 Å². The predicted molar refractivity (Wildman–Crippen MR) is 199 cm³/mol. The molecule has 48 heavy (non-hydrogen) atoms. The first-order valence-electron chi connectivity index (χ1n) is 15.9. The highest BCUT2D eigenvalue weighted by Gasteiger charge is 2.21. The van der Waals surface area contributed by atoms with Crippen LogP contribution in [0.5, 0.6) is 0 Å². The van der Waals surface area contributed by atoms with E-state index < -0.39 is 0 Å². The van der Waals surface area contributed by atoms with E-state index in [9.17, 15) is 0 Å². The van der Waals surface area contributed by atoms with Gasteiger partial charge in [-0.05, 0) is 52.2 Å². The normalized spacial score (nSPS) is 11.8. The minimum absolute atomic E-state index is 0.609. The van der Waals surface area contributed by atoms with Crippen LogP contribution in [0.1, 0.15) is 0 Å². The molecule has 0 aliphatic heterocycles. The molecule has 0 saturated heterocycles. The molecule has 0 saturated carbocycles. The molecule has 0 amide bonds. The fourth-order valence-electron chi connectivity index (χ4n) is 6.93. The molecule has 0 aliphatic carbocycles. The summed E-state index contributed by atoms with van der Waals surface area (Å²) in [5.74, 6) is 1.88. The number of fused-ring (bicyclic) bond motifs is 8. The van der Waals surface area contributed by atoms with Crippen LogP contribution < -0.4 is 0 Å². The highest BCUT2D eigenvalue weighted by Crippen LogP contribution is 2.44. The van der Waals surface area contributed by atoms with Gasteiger partial charge in [0, 0.05) is 47.6 Å². The van der Waals surface area contributed by atoms with Crippen molar-refractivity contribution < 1.29 is 4.42 Å². The Morgan fingerprint density at radius 1 is 0.396 bits per heavy atom. The van der Waals surface area contributed by atoms with Crippen LogP contribution in [0.4, 0.5) is 0 Å². The zero-order chi connectivity index (χ0) is 31.6. The van der Waals surface area contributed by atoms with E-state index in [2.05, 4.69) is 121 Å². The lowest BCUT2D eigenvalue weighted by Gasteiger charge is -2.12. The summed E-state index contributed by atoms with van der Waals surface area (Å²) in [5.41, 5.74) is 6.76. The van der Waals surface area contributed by atoms with Crippen LogP contribution in [-0.4, -0.2) is 15.0 Å². The average molecular weight is 632 g/mol. The van der Waals surface area contributed by atoms with Crippen molar-refractivity contribution in [3.63, 3.8) is 0 Å². The largest absolute Gasteiger partial charge is 0.456 e. The highest BCUT2D eigenvalue weighted by atomic mass is 32.1. The van der Waals surface area contributed by atoms with E-state index in [-0.39, 0.29) is 0 Å². The monoisotopic (exact) mass is 631 g/mol. The Bertz CT molecular complexity index is 2840. The summed E-state index contributed by atoms with van der Waals surface area (Å²) in [6, 6.07) is 52.6. The highest BCUT2D eigenvalue weighted by molar-refractivity contribution is 7.26. The smallest absolute Gasteiger partial charge is 0.164 e. The number of aromatic nitrogens is 3. The molecule has 0 spiro atoms. The lowest BCUT2D eigenvalue weighted by molar-refractivity contribution is 0.669. The predicted octanol–water partition coefficient (Wildman–Crippen LogP) is 12.0. The number of nitrogens with zero attached hydrogens (tertiary/aromatic N) is 3. The van der Waals surface area contributed by atoms with E-state index in [1.165, 1.54) is 14.8 Å². The van der Waals surface area contributed by atoms with Gasteiger partial charge in [-0.2, -0.15) is 0 Å². The first-order chi connectivity index (χ1) is 23.8. The average Bonchev–Trinajstić information content (AvgIpc) is 3.74. The molecule has 0 fully saturated rings. The minimum atomic E-state index is 0.609. The maximum Gasteiger partial charge on any atom is 0.164 e. The molecule has 7 aromatic carbocycles. The molecule has 4 nitrogen and oxygen atoms in total. The van der Waals surface area contributed by atoms with Crippen molar-refractivity contribution in [3.05, 3.63) is 152 Å². The quantitative estimate of drug-likeness (QED) is 0.194. The number of benzene rings is 7. The summed E-state index contributed by atoms with van der Waals surface area (Å²) < 4.78 is 8.88. The van der Waals surface area contributed by atoms with Crippen LogP contribution >= 0.6 is 11.3 Å². The van der Waals surface area contributed by atoms with E-state index >= 15 is 0 Å². The third-order valence-electron chi connectivity index (χ3n) is 9.12. The van der Waals surface area contributed by atoms with Crippen LogP contribution in [-0.2, 0) is 0 Å². The van der Waals surface area contributed by atoms with Crippen LogP contribution in [0.15, 0.2) is 156 Å². The van der Waals surface area contributed by atoms with Crippen molar-refractivity contribution in [3.8, 4) is 45.3 Å². The van der Waals surface area contributed by atoms with Gasteiger partial charge in [0.1, 0.15) is 11.2 Å². The van der Waals surface area contributed by atoms with Gasteiger partial charge in [-0.15, -0.1) is 11.3 Å². The Morgan fingerprint density at radius 3 is 1.90 bits per heavy atom. The van der Waals surface area contributed by atoms with Gasteiger partial charge in [-0.3, -0.25) is 0 Å². The lowest BCUT2D eigenvalue weighted by atomic mass is 9.98.